The Labute approximate surface area is 163 Å². The van der Waals surface area contributed by atoms with E-state index in [1.807, 2.05) is 26.0 Å². The van der Waals surface area contributed by atoms with Gasteiger partial charge in [0.1, 0.15) is 0 Å². The summed E-state index contributed by atoms with van der Waals surface area (Å²) in [4.78, 5) is 37.2. The molecule has 0 saturated carbocycles. The number of carbonyl (C=O) groups excluding carboxylic acids is 2. The molecule has 1 heterocycles. The summed E-state index contributed by atoms with van der Waals surface area (Å²) in [5, 5.41) is 8.28. The number of carbonyl (C=O) groups is 2. The maximum absolute atomic E-state index is 12.6. The third-order valence-electron chi connectivity index (χ3n) is 4.35. The van der Waals surface area contributed by atoms with Crippen LogP contribution in [0.3, 0.4) is 0 Å². The first-order valence-corrected chi connectivity index (χ1v) is 9.29. The monoisotopic (exact) mass is 377 g/mol. The third kappa shape index (κ3) is 4.52. The summed E-state index contributed by atoms with van der Waals surface area (Å²) < 4.78 is 1.42. The normalized spacial score (nSPS) is 11.0. The Bertz CT molecular complexity index is 1060. The zero-order valence-electron chi connectivity index (χ0n) is 16.0. The first-order valence-electron chi connectivity index (χ1n) is 9.29. The van der Waals surface area contributed by atoms with Gasteiger partial charge in [0.25, 0.3) is 5.56 Å². The second-order valence-electron chi connectivity index (χ2n) is 7.12. The SMILES string of the molecule is CC(C)Cn1nc(CC(=O)NCC(=O)c2ccccc2)c2ccccc2c1=O. The van der Waals surface area contributed by atoms with Gasteiger partial charge >= 0.3 is 0 Å². The highest BCUT2D eigenvalue weighted by molar-refractivity contribution is 5.99. The van der Waals surface area contributed by atoms with Gasteiger partial charge in [0.05, 0.1) is 24.0 Å². The van der Waals surface area contributed by atoms with E-state index in [0.29, 0.717) is 28.6 Å². The van der Waals surface area contributed by atoms with Crippen molar-refractivity contribution in [2.75, 3.05) is 6.54 Å². The van der Waals surface area contributed by atoms with Crippen molar-refractivity contribution in [1.82, 2.24) is 15.1 Å². The zero-order chi connectivity index (χ0) is 20.1. The van der Waals surface area contributed by atoms with Crippen LogP contribution in [0.4, 0.5) is 0 Å². The quantitative estimate of drug-likeness (QED) is 0.642. The van der Waals surface area contributed by atoms with Gasteiger partial charge in [-0.15, -0.1) is 0 Å². The fourth-order valence-corrected chi connectivity index (χ4v) is 3.03. The van der Waals surface area contributed by atoms with Gasteiger partial charge in [0.2, 0.25) is 5.91 Å². The Morgan fingerprint density at radius 2 is 1.64 bits per heavy atom. The number of Topliss-reactive ketones (excluding diaryl/α,β-unsaturated/α-hetero) is 1. The van der Waals surface area contributed by atoms with Crippen LogP contribution in [0, 0.1) is 5.92 Å². The van der Waals surface area contributed by atoms with Gasteiger partial charge in [-0.3, -0.25) is 14.4 Å². The van der Waals surface area contributed by atoms with E-state index >= 15 is 0 Å². The van der Waals surface area contributed by atoms with Crippen LogP contribution in [-0.2, 0) is 17.8 Å². The van der Waals surface area contributed by atoms with E-state index in [2.05, 4.69) is 10.4 Å². The molecule has 6 nitrogen and oxygen atoms in total. The van der Waals surface area contributed by atoms with Crippen molar-refractivity contribution in [3.05, 3.63) is 76.2 Å². The van der Waals surface area contributed by atoms with E-state index in [-0.39, 0.29) is 36.1 Å². The van der Waals surface area contributed by atoms with Crippen LogP contribution < -0.4 is 10.9 Å². The van der Waals surface area contributed by atoms with Crippen molar-refractivity contribution < 1.29 is 9.59 Å². The standard InChI is InChI=1S/C22H23N3O3/c1-15(2)14-25-22(28)18-11-7-6-10-17(18)19(24-25)12-21(27)23-13-20(26)16-8-4-3-5-9-16/h3-11,15H,12-14H2,1-2H3,(H,23,27). The predicted octanol–water partition coefficient (Wildman–Crippen LogP) is 2.59. The lowest BCUT2D eigenvalue weighted by Gasteiger charge is -2.12. The van der Waals surface area contributed by atoms with Crippen molar-refractivity contribution in [2.45, 2.75) is 26.8 Å². The van der Waals surface area contributed by atoms with Crippen LogP contribution in [0.25, 0.3) is 10.8 Å². The second-order valence-corrected chi connectivity index (χ2v) is 7.12. The summed E-state index contributed by atoms with van der Waals surface area (Å²) in [5.41, 5.74) is 0.921. The number of hydrogen-bond donors (Lipinski definition) is 1. The highest BCUT2D eigenvalue weighted by Gasteiger charge is 2.15. The van der Waals surface area contributed by atoms with Gasteiger partial charge in [-0.05, 0) is 12.0 Å². The Hall–Kier alpha value is -3.28. The molecule has 0 saturated heterocycles. The van der Waals surface area contributed by atoms with E-state index in [0.717, 1.165) is 0 Å². The second kappa shape index (κ2) is 8.61. The van der Waals surface area contributed by atoms with E-state index in [4.69, 9.17) is 0 Å². The fraction of sp³-hybridized carbons (Fsp3) is 0.273. The molecule has 28 heavy (non-hydrogen) atoms. The van der Waals surface area contributed by atoms with Crippen molar-refractivity contribution in [3.63, 3.8) is 0 Å². The van der Waals surface area contributed by atoms with Crippen molar-refractivity contribution >= 4 is 22.5 Å². The molecule has 0 aliphatic heterocycles. The average molecular weight is 377 g/mol. The molecule has 0 aliphatic rings. The van der Waals surface area contributed by atoms with Crippen LogP contribution in [-0.4, -0.2) is 28.0 Å². The minimum atomic E-state index is -0.309. The summed E-state index contributed by atoms with van der Waals surface area (Å²) in [6.07, 6.45) is 0.000951. The average Bonchev–Trinajstić information content (AvgIpc) is 2.70. The molecule has 3 rings (SSSR count). The molecule has 2 aromatic carbocycles. The lowest BCUT2D eigenvalue weighted by molar-refractivity contribution is -0.120. The van der Waals surface area contributed by atoms with Crippen LogP contribution >= 0.6 is 0 Å². The lowest BCUT2D eigenvalue weighted by atomic mass is 10.1. The summed E-state index contributed by atoms with van der Waals surface area (Å²) in [6, 6.07) is 16.0. The van der Waals surface area contributed by atoms with Crippen LogP contribution in [0.2, 0.25) is 0 Å². The molecule has 0 aliphatic carbocycles. The maximum Gasteiger partial charge on any atom is 0.274 e. The summed E-state index contributed by atoms with van der Waals surface area (Å²) >= 11 is 0. The van der Waals surface area contributed by atoms with E-state index in [9.17, 15) is 14.4 Å². The molecule has 0 atom stereocenters. The highest BCUT2D eigenvalue weighted by Crippen LogP contribution is 2.14. The predicted molar refractivity (Wildman–Crippen MR) is 108 cm³/mol. The Kier molecular flexibility index (Phi) is 5.99. The minimum absolute atomic E-state index is 0.000951. The van der Waals surface area contributed by atoms with Crippen LogP contribution in [0.5, 0.6) is 0 Å². The van der Waals surface area contributed by atoms with E-state index in [1.54, 1.807) is 42.5 Å². The van der Waals surface area contributed by atoms with Gasteiger partial charge in [-0.1, -0.05) is 62.4 Å². The van der Waals surface area contributed by atoms with Crippen molar-refractivity contribution in [3.8, 4) is 0 Å². The lowest BCUT2D eigenvalue weighted by Crippen LogP contribution is -2.32. The molecule has 0 unspecified atom stereocenters. The van der Waals surface area contributed by atoms with Gasteiger partial charge in [-0.2, -0.15) is 5.10 Å². The molecule has 1 N–H and O–H groups in total. The fourth-order valence-electron chi connectivity index (χ4n) is 3.03. The highest BCUT2D eigenvalue weighted by atomic mass is 16.2. The van der Waals surface area contributed by atoms with Crippen LogP contribution in [0.1, 0.15) is 29.9 Å². The summed E-state index contributed by atoms with van der Waals surface area (Å²) in [6.45, 7) is 4.41. The first kappa shape index (κ1) is 19.5. The Morgan fingerprint density at radius 1 is 1.00 bits per heavy atom. The van der Waals surface area contributed by atoms with Gasteiger partial charge in [0.15, 0.2) is 5.78 Å². The van der Waals surface area contributed by atoms with Gasteiger partial charge in [0, 0.05) is 17.5 Å². The zero-order valence-corrected chi connectivity index (χ0v) is 16.0. The summed E-state index contributed by atoms with van der Waals surface area (Å²) in [5.74, 6) is -0.218. The number of aromatic nitrogens is 2. The molecule has 1 aromatic heterocycles. The Morgan fingerprint density at radius 3 is 2.32 bits per heavy atom. The molecule has 0 bridgehead atoms. The number of amides is 1. The molecule has 1 amide bonds. The van der Waals surface area contributed by atoms with Crippen molar-refractivity contribution in [2.24, 2.45) is 5.92 Å². The first-order chi connectivity index (χ1) is 13.5. The van der Waals surface area contributed by atoms with Gasteiger partial charge in [-0.25, -0.2) is 4.68 Å². The summed E-state index contributed by atoms with van der Waals surface area (Å²) in [7, 11) is 0. The minimum Gasteiger partial charge on any atom is -0.348 e. The van der Waals surface area contributed by atoms with Crippen LogP contribution in [0.15, 0.2) is 59.4 Å². The number of fused-ring (bicyclic) bond motifs is 1. The number of benzene rings is 2. The number of ketones is 1. The van der Waals surface area contributed by atoms with Crippen molar-refractivity contribution in [1.29, 1.82) is 0 Å². The molecule has 0 spiro atoms. The third-order valence-corrected chi connectivity index (χ3v) is 4.35. The number of nitrogens with one attached hydrogen (secondary N) is 1. The molecule has 3 aromatic rings. The van der Waals surface area contributed by atoms with E-state index in [1.165, 1.54) is 4.68 Å². The molecular formula is C22H23N3O3. The molecule has 0 fully saturated rings. The topological polar surface area (TPSA) is 81.1 Å². The number of hydrogen-bond acceptors (Lipinski definition) is 4. The van der Waals surface area contributed by atoms with E-state index < -0.39 is 0 Å². The Balaban J connectivity index is 1.79. The smallest absolute Gasteiger partial charge is 0.274 e. The van der Waals surface area contributed by atoms with Gasteiger partial charge < -0.3 is 5.32 Å². The number of rotatable bonds is 7. The largest absolute Gasteiger partial charge is 0.348 e. The molecule has 0 radical (unpaired) electrons. The molecule has 6 heteroatoms. The molecule has 144 valence electrons. The molecular weight excluding hydrogens is 354 g/mol. The maximum atomic E-state index is 12.6. The number of nitrogens with zero attached hydrogens (tertiary/aromatic N) is 2.